The second kappa shape index (κ2) is 4.77. The van der Waals surface area contributed by atoms with Gasteiger partial charge in [-0.05, 0) is 19.1 Å². The topological polar surface area (TPSA) is 55.0 Å². The van der Waals surface area contributed by atoms with Crippen molar-refractivity contribution in [2.24, 2.45) is 5.73 Å². The normalized spacial score (nSPS) is 10.2. The molecule has 1 heterocycles. The highest BCUT2D eigenvalue weighted by atomic mass is 32.1. The van der Waals surface area contributed by atoms with E-state index in [2.05, 4.69) is 9.36 Å². The number of thiocarbonyl (C=S) groups is 1. The SMILES string of the molecule is Cc1nsc(N(C)c2ccccc2C(N)=S)n1. The molecule has 0 radical (unpaired) electrons. The first-order valence-electron chi connectivity index (χ1n) is 5.02. The van der Waals surface area contributed by atoms with Crippen LogP contribution in [0.5, 0.6) is 0 Å². The van der Waals surface area contributed by atoms with Gasteiger partial charge in [0, 0.05) is 24.1 Å². The zero-order chi connectivity index (χ0) is 12.4. The van der Waals surface area contributed by atoms with Crippen LogP contribution in [0.1, 0.15) is 11.4 Å². The molecule has 0 atom stereocenters. The molecule has 0 amide bonds. The number of hydrogen-bond donors (Lipinski definition) is 1. The Morgan fingerprint density at radius 3 is 2.71 bits per heavy atom. The second-order valence-electron chi connectivity index (χ2n) is 3.56. The average Bonchev–Trinajstić information content (AvgIpc) is 2.75. The van der Waals surface area contributed by atoms with E-state index in [1.54, 1.807) is 0 Å². The molecule has 2 N–H and O–H groups in total. The summed E-state index contributed by atoms with van der Waals surface area (Å²) >= 11 is 6.40. The van der Waals surface area contributed by atoms with E-state index < -0.39 is 0 Å². The van der Waals surface area contributed by atoms with Crippen molar-refractivity contribution in [2.75, 3.05) is 11.9 Å². The molecule has 0 fully saturated rings. The Morgan fingerprint density at radius 2 is 2.12 bits per heavy atom. The smallest absolute Gasteiger partial charge is 0.209 e. The highest BCUT2D eigenvalue weighted by molar-refractivity contribution is 7.80. The molecule has 0 aliphatic heterocycles. The van der Waals surface area contributed by atoms with Crippen molar-refractivity contribution in [1.29, 1.82) is 0 Å². The van der Waals surface area contributed by atoms with Crippen LogP contribution in [0.2, 0.25) is 0 Å². The van der Waals surface area contributed by atoms with E-state index in [0.717, 1.165) is 22.2 Å². The van der Waals surface area contributed by atoms with Gasteiger partial charge in [-0.25, -0.2) is 4.98 Å². The van der Waals surface area contributed by atoms with Gasteiger partial charge in [0.1, 0.15) is 10.8 Å². The van der Waals surface area contributed by atoms with E-state index in [0.29, 0.717) is 4.99 Å². The molecule has 17 heavy (non-hydrogen) atoms. The Bertz CT molecular complexity index is 550. The first-order valence-corrected chi connectivity index (χ1v) is 6.20. The van der Waals surface area contributed by atoms with E-state index in [-0.39, 0.29) is 0 Å². The molecule has 2 rings (SSSR count). The quantitative estimate of drug-likeness (QED) is 0.862. The minimum atomic E-state index is 0.383. The Labute approximate surface area is 109 Å². The second-order valence-corrected chi connectivity index (χ2v) is 4.73. The molecule has 4 nitrogen and oxygen atoms in total. The van der Waals surface area contributed by atoms with Crippen molar-refractivity contribution in [2.45, 2.75) is 6.92 Å². The van der Waals surface area contributed by atoms with Crippen molar-refractivity contribution < 1.29 is 0 Å². The van der Waals surface area contributed by atoms with Crippen LogP contribution in [-0.4, -0.2) is 21.4 Å². The summed E-state index contributed by atoms with van der Waals surface area (Å²) in [5.74, 6) is 0.768. The molecule has 2 aromatic rings. The summed E-state index contributed by atoms with van der Waals surface area (Å²) in [6.07, 6.45) is 0. The van der Waals surface area contributed by atoms with E-state index in [9.17, 15) is 0 Å². The zero-order valence-corrected chi connectivity index (χ0v) is 11.2. The summed E-state index contributed by atoms with van der Waals surface area (Å²) in [6, 6.07) is 7.73. The number of aromatic nitrogens is 2. The van der Waals surface area contributed by atoms with Gasteiger partial charge in [-0.3, -0.25) is 0 Å². The lowest BCUT2D eigenvalue weighted by Gasteiger charge is -2.18. The molecule has 0 saturated heterocycles. The predicted octanol–water partition coefficient (Wildman–Crippen LogP) is 2.25. The van der Waals surface area contributed by atoms with Gasteiger partial charge in [0.2, 0.25) is 5.13 Å². The Balaban J connectivity index is 2.43. The Kier molecular flexibility index (Phi) is 3.35. The lowest BCUT2D eigenvalue weighted by molar-refractivity contribution is 1.11. The molecule has 0 unspecified atom stereocenters. The van der Waals surface area contributed by atoms with Gasteiger partial charge in [0.15, 0.2) is 0 Å². The third-order valence-corrected chi connectivity index (χ3v) is 3.44. The van der Waals surface area contributed by atoms with Gasteiger partial charge in [0.05, 0.1) is 5.69 Å². The van der Waals surface area contributed by atoms with Crippen LogP contribution < -0.4 is 10.6 Å². The summed E-state index contributed by atoms with van der Waals surface area (Å²) in [6.45, 7) is 1.87. The largest absolute Gasteiger partial charge is 0.389 e. The highest BCUT2D eigenvalue weighted by Crippen LogP contribution is 2.27. The van der Waals surface area contributed by atoms with Crippen molar-refractivity contribution in [3.63, 3.8) is 0 Å². The molecular formula is C11H12N4S2. The number of rotatable bonds is 3. The Morgan fingerprint density at radius 1 is 1.41 bits per heavy atom. The number of aryl methyl sites for hydroxylation is 1. The number of benzene rings is 1. The maximum Gasteiger partial charge on any atom is 0.209 e. The third kappa shape index (κ3) is 2.42. The molecule has 6 heteroatoms. The van der Waals surface area contributed by atoms with E-state index >= 15 is 0 Å². The number of nitrogens with zero attached hydrogens (tertiary/aromatic N) is 3. The monoisotopic (exact) mass is 264 g/mol. The van der Waals surface area contributed by atoms with Crippen LogP contribution in [-0.2, 0) is 0 Å². The molecule has 1 aromatic carbocycles. The van der Waals surface area contributed by atoms with Crippen molar-refractivity contribution >= 4 is 39.6 Å². The molecule has 1 aromatic heterocycles. The van der Waals surface area contributed by atoms with Gasteiger partial charge in [-0.1, -0.05) is 24.4 Å². The Hall–Kier alpha value is -1.53. The van der Waals surface area contributed by atoms with Crippen LogP contribution in [0.15, 0.2) is 24.3 Å². The standard InChI is InChI=1S/C11H12N4S2/c1-7-13-11(17-14-7)15(2)9-6-4-3-5-8(9)10(12)16/h3-6H,1-2H3,(H2,12,16). The minimum absolute atomic E-state index is 0.383. The molecular weight excluding hydrogens is 252 g/mol. The van der Waals surface area contributed by atoms with Gasteiger partial charge in [-0.15, -0.1) is 0 Å². The first kappa shape index (κ1) is 11.9. The highest BCUT2D eigenvalue weighted by Gasteiger charge is 2.13. The fourth-order valence-corrected chi connectivity index (χ4v) is 2.32. The molecule has 0 spiro atoms. The van der Waals surface area contributed by atoms with Crippen LogP contribution in [0.25, 0.3) is 0 Å². The van der Waals surface area contributed by atoms with Crippen LogP contribution in [0.3, 0.4) is 0 Å². The fourth-order valence-electron chi connectivity index (χ4n) is 1.50. The average molecular weight is 264 g/mol. The van der Waals surface area contributed by atoms with Crippen molar-refractivity contribution in [3.05, 3.63) is 35.7 Å². The zero-order valence-electron chi connectivity index (χ0n) is 9.54. The summed E-state index contributed by atoms with van der Waals surface area (Å²) < 4.78 is 4.16. The molecule has 88 valence electrons. The maximum absolute atomic E-state index is 5.71. The van der Waals surface area contributed by atoms with E-state index in [1.807, 2.05) is 43.1 Å². The van der Waals surface area contributed by atoms with Gasteiger partial charge in [0.25, 0.3) is 0 Å². The van der Waals surface area contributed by atoms with Gasteiger partial charge in [-0.2, -0.15) is 4.37 Å². The fraction of sp³-hybridized carbons (Fsp3) is 0.182. The van der Waals surface area contributed by atoms with Crippen LogP contribution in [0.4, 0.5) is 10.8 Å². The maximum atomic E-state index is 5.71. The number of anilines is 2. The van der Waals surface area contributed by atoms with Crippen molar-refractivity contribution in [1.82, 2.24) is 9.36 Å². The summed E-state index contributed by atoms with van der Waals surface area (Å²) in [7, 11) is 1.93. The molecule has 0 aliphatic rings. The summed E-state index contributed by atoms with van der Waals surface area (Å²) in [5.41, 5.74) is 7.49. The van der Waals surface area contributed by atoms with Crippen LogP contribution in [0, 0.1) is 6.92 Å². The van der Waals surface area contributed by atoms with E-state index in [1.165, 1.54) is 11.5 Å². The van der Waals surface area contributed by atoms with Gasteiger partial charge >= 0.3 is 0 Å². The number of para-hydroxylation sites is 1. The third-order valence-electron chi connectivity index (χ3n) is 2.33. The molecule has 0 bridgehead atoms. The lowest BCUT2D eigenvalue weighted by atomic mass is 10.1. The van der Waals surface area contributed by atoms with Crippen molar-refractivity contribution in [3.8, 4) is 0 Å². The lowest BCUT2D eigenvalue weighted by Crippen LogP contribution is -2.17. The first-order chi connectivity index (χ1) is 8.09. The molecule has 0 saturated carbocycles. The number of nitrogens with two attached hydrogens (primary N) is 1. The summed E-state index contributed by atoms with van der Waals surface area (Å²) in [5, 5.41) is 0.825. The van der Waals surface area contributed by atoms with E-state index in [4.69, 9.17) is 18.0 Å². The van der Waals surface area contributed by atoms with Crippen LogP contribution >= 0.6 is 23.8 Å². The number of hydrogen-bond acceptors (Lipinski definition) is 5. The predicted molar refractivity (Wildman–Crippen MR) is 75.0 cm³/mol. The van der Waals surface area contributed by atoms with Gasteiger partial charge < -0.3 is 10.6 Å². The molecule has 0 aliphatic carbocycles. The minimum Gasteiger partial charge on any atom is -0.389 e. The summed E-state index contributed by atoms with van der Waals surface area (Å²) in [4.78, 5) is 6.66.